The summed E-state index contributed by atoms with van der Waals surface area (Å²) in [7, 11) is 8.22. The van der Waals surface area contributed by atoms with Crippen LogP contribution in [0, 0.1) is 6.92 Å². The lowest BCUT2D eigenvalue weighted by atomic mass is 9.98. The van der Waals surface area contributed by atoms with Crippen LogP contribution in [-0.4, -0.2) is 69.0 Å². The second kappa shape index (κ2) is 13.7. The summed E-state index contributed by atoms with van der Waals surface area (Å²) in [5, 5.41) is 20.0. The number of aryl methyl sites for hydroxylation is 3. The number of carbonyl (C=O) groups excluding carboxylic acids is 1. The normalized spacial score (nSPS) is 11.5. The van der Waals surface area contributed by atoms with Gasteiger partial charge in [0.05, 0.1) is 55.8 Å². The number of nitrogens with zero attached hydrogens (tertiary/aromatic N) is 5. The number of aliphatic hydroxyl groups is 1. The molecule has 4 aromatic carbocycles. The number of imidazole rings is 2. The van der Waals surface area contributed by atoms with E-state index in [9.17, 15) is 9.90 Å². The quantitative estimate of drug-likeness (QED) is 0.213. The van der Waals surface area contributed by atoms with E-state index in [0.29, 0.717) is 12.1 Å². The molecule has 0 aliphatic carbocycles. The number of para-hydroxylation sites is 2. The van der Waals surface area contributed by atoms with Crippen LogP contribution in [0.1, 0.15) is 40.7 Å². The molecule has 0 atom stereocenters. The molecule has 0 fully saturated rings. The highest BCUT2D eigenvalue weighted by Crippen LogP contribution is 2.31. The Balaban J connectivity index is 0.000000537. The summed E-state index contributed by atoms with van der Waals surface area (Å²) in [5.74, 6) is 0.821. The van der Waals surface area contributed by atoms with Crippen LogP contribution in [-0.2, 0) is 20.0 Å². The molecule has 0 bridgehead atoms. The average molecular weight is 618 g/mol. The summed E-state index contributed by atoms with van der Waals surface area (Å²) in [6, 6.07) is 27.6. The molecule has 0 amide bonds. The Hall–Kier alpha value is -4.79. The molecule has 2 aromatic heterocycles. The van der Waals surface area contributed by atoms with E-state index in [1.807, 2.05) is 42.5 Å². The third-order valence-corrected chi connectivity index (χ3v) is 8.17. The predicted octanol–water partition coefficient (Wildman–Crippen LogP) is 5.61. The lowest BCUT2D eigenvalue weighted by Gasteiger charge is -2.21. The largest absolute Gasteiger partial charge is 0.545 e. The first kappa shape index (κ1) is 32.6. The van der Waals surface area contributed by atoms with Crippen LogP contribution in [0.15, 0.2) is 84.9 Å². The van der Waals surface area contributed by atoms with Crippen LogP contribution >= 0.6 is 0 Å². The van der Waals surface area contributed by atoms with Gasteiger partial charge < -0.3 is 28.6 Å². The van der Waals surface area contributed by atoms with Gasteiger partial charge in [-0.25, -0.2) is 9.97 Å². The second-order valence-electron chi connectivity index (χ2n) is 12.8. The fourth-order valence-electron chi connectivity index (χ4n) is 5.75. The van der Waals surface area contributed by atoms with E-state index < -0.39 is 5.97 Å². The molecule has 6 rings (SSSR count). The molecular formula is C38H43N5O3. The summed E-state index contributed by atoms with van der Waals surface area (Å²) in [6.07, 6.45) is 1.88. The van der Waals surface area contributed by atoms with Crippen molar-refractivity contribution in [2.75, 3.05) is 34.3 Å². The molecule has 0 saturated heterocycles. The number of fused-ring (bicyclic) bond motifs is 2. The molecule has 2 heterocycles. The van der Waals surface area contributed by atoms with Crippen molar-refractivity contribution in [2.45, 2.75) is 33.2 Å². The van der Waals surface area contributed by atoms with Crippen molar-refractivity contribution in [1.29, 1.82) is 0 Å². The van der Waals surface area contributed by atoms with Gasteiger partial charge in [0, 0.05) is 31.1 Å². The number of hydrogen-bond donors (Lipinski definition) is 1. The van der Waals surface area contributed by atoms with Crippen molar-refractivity contribution < 1.29 is 19.5 Å². The summed E-state index contributed by atoms with van der Waals surface area (Å²) >= 11 is 0. The Bertz CT molecular complexity index is 1980. The Morgan fingerprint density at radius 3 is 2.22 bits per heavy atom. The third-order valence-electron chi connectivity index (χ3n) is 8.17. The summed E-state index contributed by atoms with van der Waals surface area (Å²) < 4.78 is 5.30. The topological polar surface area (TPSA) is 96.0 Å². The van der Waals surface area contributed by atoms with Crippen LogP contribution in [0.4, 0.5) is 0 Å². The highest BCUT2D eigenvalue weighted by atomic mass is 16.4. The zero-order chi connectivity index (χ0) is 33.0. The summed E-state index contributed by atoms with van der Waals surface area (Å²) in [6.45, 7) is 6.07. The van der Waals surface area contributed by atoms with Gasteiger partial charge in [0.15, 0.2) is 0 Å². The molecular weight excluding hydrogens is 574 g/mol. The average Bonchev–Trinajstić information content (AvgIpc) is 3.55. The first-order valence-corrected chi connectivity index (χ1v) is 15.7. The van der Waals surface area contributed by atoms with E-state index in [0.717, 1.165) is 79.8 Å². The zero-order valence-electron chi connectivity index (χ0n) is 27.6. The first-order valence-electron chi connectivity index (χ1n) is 15.7. The number of rotatable bonds is 9. The van der Waals surface area contributed by atoms with Crippen LogP contribution in [0.25, 0.3) is 44.6 Å². The van der Waals surface area contributed by atoms with Crippen molar-refractivity contribution in [3.05, 3.63) is 107 Å². The van der Waals surface area contributed by atoms with Gasteiger partial charge in [-0.05, 0) is 59.9 Å². The number of aromatic nitrogens is 4. The maximum Gasteiger partial charge on any atom is 0.140 e. The minimum Gasteiger partial charge on any atom is -0.545 e. The fraction of sp³-hybridized carbons (Fsp3) is 0.289. The first-order chi connectivity index (χ1) is 22.0. The molecule has 238 valence electrons. The minimum absolute atomic E-state index is 0.195. The maximum atomic E-state index is 11.6. The number of likely N-dealkylation sites (N-methyl/N-ethyl adjacent to an activating group) is 1. The number of carboxylic acids is 1. The predicted molar refractivity (Wildman–Crippen MR) is 183 cm³/mol. The molecule has 46 heavy (non-hydrogen) atoms. The maximum absolute atomic E-state index is 11.6. The lowest BCUT2D eigenvalue weighted by Crippen LogP contribution is -2.36. The Morgan fingerprint density at radius 1 is 0.891 bits per heavy atom. The zero-order valence-corrected chi connectivity index (χ0v) is 27.6. The molecule has 0 radical (unpaired) electrons. The van der Waals surface area contributed by atoms with Crippen LogP contribution in [0.5, 0.6) is 0 Å². The molecule has 0 unspecified atom stereocenters. The van der Waals surface area contributed by atoms with Gasteiger partial charge in [0.2, 0.25) is 0 Å². The molecule has 0 saturated carbocycles. The number of benzene rings is 4. The van der Waals surface area contributed by atoms with Crippen molar-refractivity contribution in [2.24, 2.45) is 7.05 Å². The molecule has 6 aromatic rings. The van der Waals surface area contributed by atoms with Gasteiger partial charge >= 0.3 is 0 Å². The minimum atomic E-state index is -1.17. The van der Waals surface area contributed by atoms with E-state index in [1.54, 1.807) is 12.1 Å². The molecule has 1 N–H and O–H groups in total. The van der Waals surface area contributed by atoms with E-state index >= 15 is 0 Å². The van der Waals surface area contributed by atoms with Crippen molar-refractivity contribution >= 4 is 28.0 Å². The molecule has 0 aliphatic heterocycles. The number of carbonyl (C=O) groups is 1. The van der Waals surface area contributed by atoms with Gasteiger partial charge in [0.25, 0.3) is 0 Å². The summed E-state index contributed by atoms with van der Waals surface area (Å²) in [5.41, 5.74) is 9.20. The standard InChI is InChI=1S/C33H30N4O2.C5H14NO/c1-4-9-30-35-31-21(2)18-24(32-34-27-12-7-8-13-28(27)36(32)3)19-29(31)37(30)20-22-14-16-23(17-15-22)25-10-5-6-11-26(25)33(38)39;1-6(2,3)4-5-7/h5-8,10-19H,4,9,20H2,1-3H3,(H,38,39);7H,4-5H2,1-3H3/q;+1/p-1. The Labute approximate surface area is 270 Å². The molecule has 8 heteroatoms. The van der Waals surface area contributed by atoms with E-state index in [-0.39, 0.29) is 12.2 Å². The Kier molecular flexibility index (Phi) is 9.70. The SMILES string of the molecule is CCCc1nc2c(C)cc(-c3nc4ccccc4n3C)cc2n1Cc1ccc(-c2ccccc2C(=O)[O-])cc1.C[N+](C)(C)CCO. The third kappa shape index (κ3) is 7.03. The lowest BCUT2D eigenvalue weighted by molar-refractivity contribution is -0.870. The van der Waals surface area contributed by atoms with Gasteiger partial charge in [-0.1, -0.05) is 67.6 Å². The van der Waals surface area contributed by atoms with E-state index in [2.05, 4.69) is 81.5 Å². The van der Waals surface area contributed by atoms with Gasteiger partial charge in [-0.3, -0.25) is 0 Å². The summed E-state index contributed by atoms with van der Waals surface area (Å²) in [4.78, 5) is 21.6. The van der Waals surface area contributed by atoms with Crippen molar-refractivity contribution in [1.82, 2.24) is 19.1 Å². The molecule has 8 nitrogen and oxygen atoms in total. The van der Waals surface area contributed by atoms with Gasteiger partial charge in [-0.15, -0.1) is 0 Å². The highest BCUT2D eigenvalue weighted by molar-refractivity contribution is 5.94. The number of carboxylic acid groups (broad SMARTS) is 1. The van der Waals surface area contributed by atoms with E-state index in [1.165, 1.54) is 0 Å². The number of aromatic carboxylic acids is 1. The van der Waals surface area contributed by atoms with Crippen molar-refractivity contribution in [3.8, 4) is 22.5 Å². The smallest absolute Gasteiger partial charge is 0.140 e. The number of quaternary nitrogens is 1. The molecule has 0 aliphatic rings. The second-order valence-corrected chi connectivity index (χ2v) is 12.8. The van der Waals surface area contributed by atoms with Crippen molar-refractivity contribution in [3.63, 3.8) is 0 Å². The molecule has 0 spiro atoms. The van der Waals surface area contributed by atoms with Gasteiger partial charge in [-0.2, -0.15) is 0 Å². The highest BCUT2D eigenvalue weighted by Gasteiger charge is 2.17. The van der Waals surface area contributed by atoms with Crippen LogP contribution < -0.4 is 5.11 Å². The number of hydrogen-bond acceptors (Lipinski definition) is 5. The monoisotopic (exact) mass is 617 g/mol. The van der Waals surface area contributed by atoms with Crippen LogP contribution in [0.2, 0.25) is 0 Å². The number of aliphatic hydroxyl groups excluding tert-OH is 1. The fourth-order valence-corrected chi connectivity index (χ4v) is 5.75. The van der Waals surface area contributed by atoms with Gasteiger partial charge in [0.1, 0.15) is 18.2 Å². The van der Waals surface area contributed by atoms with Crippen LogP contribution in [0.3, 0.4) is 0 Å². The Morgan fingerprint density at radius 2 is 1.59 bits per heavy atom. The van der Waals surface area contributed by atoms with E-state index in [4.69, 9.17) is 15.1 Å².